The van der Waals surface area contributed by atoms with E-state index in [9.17, 15) is 9.59 Å². The Kier molecular flexibility index (Phi) is 3.46. The molecule has 1 spiro atoms. The van der Waals surface area contributed by atoms with Crippen LogP contribution in [0.15, 0.2) is 50.9 Å². The molecule has 0 N–H and O–H groups in total. The Morgan fingerprint density at radius 1 is 1.21 bits per heavy atom. The van der Waals surface area contributed by atoms with Gasteiger partial charge in [-0.15, -0.1) is 0 Å². The second-order valence-corrected chi connectivity index (χ2v) is 7.09. The van der Waals surface area contributed by atoms with Crippen LogP contribution in [0.4, 0.5) is 10.5 Å². The molecule has 3 aliphatic rings. The van der Waals surface area contributed by atoms with Crippen LogP contribution in [0.25, 0.3) is 0 Å². The number of para-hydroxylation sites is 1. The molecule has 2 heterocycles. The number of thioether (sulfide) groups is 1. The van der Waals surface area contributed by atoms with Gasteiger partial charge in [0.15, 0.2) is 5.41 Å². The van der Waals surface area contributed by atoms with Crippen molar-refractivity contribution in [2.45, 2.75) is 33.1 Å². The van der Waals surface area contributed by atoms with Gasteiger partial charge in [0.2, 0.25) is 0 Å². The fraction of sp³-hybridized carbons (Fsp3) is 0.333. The van der Waals surface area contributed by atoms with E-state index in [0.717, 1.165) is 47.2 Å². The fourth-order valence-corrected chi connectivity index (χ4v) is 4.60. The quantitative estimate of drug-likeness (QED) is 0.827. The van der Waals surface area contributed by atoms with Crippen molar-refractivity contribution in [3.8, 4) is 0 Å². The molecule has 0 fully saturated rings. The number of hydrazone groups is 1. The van der Waals surface area contributed by atoms with Gasteiger partial charge in [0.25, 0.3) is 5.91 Å². The van der Waals surface area contributed by atoms with Crippen LogP contribution >= 0.6 is 11.8 Å². The lowest BCUT2D eigenvalue weighted by atomic mass is 9.62. The number of hydrogen-bond donors (Lipinski definition) is 0. The number of fused-ring (bicyclic) bond motifs is 2. The molecule has 0 saturated carbocycles. The molecule has 1 unspecified atom stereocenters. The Morgan fingerprint density at radius 3 is 2.67 bits per heavy atom. The summed E-state index contributed by atoms with van der Waals surface area (Å²) in [6.07, 6.45) is 2.81. The van der Waals surface area contributed by atoms with Crippen molar-refractivity contribution in [3.05, 3.63) is 40.8 Å². The van der Waals surface area contributed by atoms with E-state index in [2.05, 4.69) is 17.0 Å². The predicted molar refractivity (Wildman–Crippen MR) is 96.4 cm³/mol. The first-order chi connectivity index (χ1) is 11.6. The van der Waals surface area contributed by atoms with Gasteiger partial charge >= 0.3 is 5.24 Å². The summed E-state index contributed by atoms with van der Waals surface area (Å²) < 4.78 is 0. The Labute approximate surface area is 144 Å². The first-order valence-corrected chi connectivity index (χ1v) is 8.92. The summed E-state index contributed by atoms with van der Waals surface area (Å²) in [6, 6.07) is 9.38. The Morgan fingerprint density at radius 2 is 1.96 bits per heavy atom. The Balaban J connectivity index is 1.80. The van der Waals surface area contributed by atoms with Crippen LogP contribution < -0.4 is 5.01 Å². The largest absolute Gasteiger partial charge is 0.310 e. The van der Waals surface area contributed by atoms with Crippen LogP contribution in [-0.2, 0) is 4.79 Å². The van der Waals surface area contributed by atoms with E-state index in [4.69, 9.17) is 0 Å². The molecule has 1 aromatic rings. The third-order valence-corrected chi connectivity index (χ3v) is 5.69. The number of aliphatic imine (C=N–C) groups is 1. The molecular formula is C18H17N3O2S. The van der Waals surface area contributed by atoms with Crippen molar-refractivity contribution in [2.24, 2.45) is 15.5 Å². The average molecular weight is 339 g/mol. The molecule has 5 nitrogen and oxygen atoms in total. The molecule has 122 valence electrons. The molecule has 24 heavy (non-hydrogen) atoms. The number of amides is 2. The minimum absolute atomic E-state index is 0.116. The van der Waals surface area contributed by atoms with E-state index in [1.54, 1.807) is 0 Å². The predicted octanol–water partition coefficient (Wildman–Crippen LogP) is 4.16. The van der Waals surface area contributed by atoms with Crippen molar-refractivity contribution < 1.29 is 9.59 Å². The van der Waals surface area contributed by atoms with Crippen molar-refractivity contribution >= 4 is 40.0 Å². The zero-order valence-corrected chi connectivity index (χ0v) is 14.4. The van der Waals surface area contributed by atoms with Gasteiger partial charge in [-0.3, -0.25) is 9.59 Å². The van der Waals surface area contributed by atoms with Gasteiger partial charge in [0.1, 0.15) is 0 Å². The summed E-state index contributed by atoms with van der Waals surface area (Å²) in [5.74, 6) is -0.116. The fourth-order valence-electron chi connectivity index (χ4n) is 3.61. The maximum Gasteiger partial charge on any atom is 0.310 e. The zero-order valence-electron chi connectivity index (χ0n) is 13.6. The van der Waals surface area contributed by atoms with Crippen molar-refractivity contribution in [1.82, 2.24) is 0 Å². The summed E-state index contributed by atoms with van der Waals surface area (Å²) in [5.41, 5.74) is 2.15. The molecule has 1 atom stereocenters. The van der Waals surface area contributed by atoms with Crippen LogP contribution in [0.1, 0.15) is 33.1 Å². The monoisotopic (exact) mass is 339 g/mol. The Hall–Kier alpha value is -2.21. The third kappa shape index (κ3) is 1.83. The lowest BCUT2D eigenvalue weighted by Gasteiger charge is -2.40. The Bertz CT molecular complexity index is 841. The standard InChI is InChI=1S/C18H17N3O2S/c1-3-4-10-13-14-15(19-17(23)24-14)18(13)11(2)20-21(16(18)22)12-8-6-5-7-9-12/h5-9H,3-4,10H2,1-2H3. The highest BCUT2D eigenvalue weighted by Crippen LogP contribution is 2.58. The second-order valence-electron chi connectivity index (χ2n) is 6.13. The molecule has 0 saturated heterocycles. The molecule has 0 radical (unpaired) electrons. The topological polar surface area (TPSA) is 62.1 Å². The van der Waals surface area contributed by atoms with Crippen LogP contribution in [0.5, 0.6) is 0 Å². The van der Waals surface area contributed by atoms with Crippen LogP contribution in [0.3, 0.4) is 0 Å². The third-order valence-electron chi connectivity index (χ3n) is 4.78. The van der Waals surface area contributed by atoms with Gasteiger partial charge in [-0.1, -0.05) is 31.5 Å². The number of unbranched alkanes of at least 4 members (excludes halogenated alkanes) is 1. The SMILES string of the molecule is CCCCC1=C2SC(=O)N=C2C12C(=O)N(c1ccccc1)N=C2C. The molecule has 4 rings (SSSR count). The number of benzene rings is 1. The van der Waals surface area contributed by atoms with E-state index in [-0.39, 0.29) is 11.1 Å². The maximum atomic E-state index is 13.3. The summed E-state index contributed by atoms with van der Waals surface area (Å²) in [4.78, 5) is 30.2. The number of hydrogen-bond acceptors (Lipinski definition) is 4. The molecule has 1 aliphatic carbocycles. The van der Waals surface area contributed by atoms with E-state index >= 15 is 0 Å². The van der Waals surface area contributed by atoms with Gasteiger partial charge in [-0.05, 0) is 49.2 Å². The van der Waals surface area contributed by atoms with E-state index < -0.39 is 5.41 Å². The van der Waals surface area contributed by atoms with E-state index in [1.807, 2.05) is 37.3 Å². The molecular weight excluding hydrogens is 322 g/mol. The van der Waals surface area contributed by atoms with Crippen molar-refractivity contribution in [1.29, 1.82) is 0 Å². The number of rotatable bonds is 4. The first kappa shape index (κ1) is 15.3. The van der Waals surface area contributed by atoms with Crippen LogP contribution in [0, 0.1) is 5.41 Å². The number of nitrogens with zero attached hydrogens (tertiary/aromatic N) is 3. The summed E-state index contributed by atoms with van der Waals surface area (Å²) in [6.45, 7) is 3.98. The van der Waals surface area contributed by atoms with E-state index in [1.165, 1.54) is 5.01 Å². The maximum absolute atomic E-state index is 13.3. The average Bonchev–Trinajstić information content (AvgIpc) is 3.06. The lowest BCUT2D eigenvalue weighted by Crippen LogP contribution is -2.53. The number of carbonyl (C=O) groups is 2. The van der Waals surface area contributed by atoms with Gasteiger partial charge in [0.05, 0.1) is 17.1 Å². The van der Waals surface area contributed by atoms with Crippen molar-refractivity contribution in [3.63, 3.8) is 0 Å². The molecule has 0 bridgehead atoms. The molecule has 2 amide bonds. The molecule has 0 aromatic heterocycles. The smallest absolute Gasteiger partial charge is 0.271 e. The van der Waals surface area contributed by atoms with Crippen molar-refractivity contribution in [2.75, 3.05) is 5.01 Å². The highest BCUT2D eigenvalue weighted by Gasteiger charge is 2.65. The zero-order chi connectivity index (χ0) is 16.9. The number of anilines is 1. The summed E-state index contributed by atoms with van der Waals surface area (Å²) in [7, 11) is 0. The van der Waals surface area contributed by atoms with Gasteiger partial charge in [-0.2, -0.15) is 10.1 Å². The normalized spacial score (nSPS) is 25.2. The number of carbonyl (C=O) groups excluding carboxylic acids is 2. The second kappa shape index (κ2) is 5.41. The van der Waals surface area contributed by atoms with Gasteiger partial charge in [-0.25, -0.2) is 4.99 Å². The van der Waals surface area contributed by atoms with Gasteiger partial charge in [0, 0.05) is 4.91 Å². The molecule has 1 aromatic carbocycles. The summed E-state index contributed by atoms with van der Waals surface area (Å²) in [5, 5.41) is 5.74. The first-order valence-electron chi connectivity index (χ1n) is 8.11. The van der Waals surface area contributed by atoms with Crippen LogP contribution in [0.2, 0.25) is 0 Å². The minimum Gasteiger partial charge on any atom is -0.271 e. The number of allylic oxidation sites excluding steroid dienone is 1. The van der Waals surface area contributed by atoms with Crippen LogP contribution in [-0.4, -0.2) is 22.6 Å². The highest BCUT2D eigenvalue weighted by molar-refractivity contribution is 8.18. The summed E-state index contributed by atoms with van der Waals surface area (Å²) >= 11 is 1.15. The minimum atomic E-state index is -0.917. The highest BCUT2D eigenvalue weighted by atomic mass is 32.2. The van der Waals surface area contributed by atoms with Gasteiger partial charge < -0.3 is 0 Å². The molecule has 2 aliphatic heterocycles. The molecule has 6 heteroatoms. The lowest BCUT2D eigenvalue weighted by molar-refractivity contribution is -0.120. The van der Waals surface area contributed by atoms with E-state index in [0.29, 0.717) is 11.4 Å².